The Hall–Kier alpha value is -4.10. The van der Waals surface area contributed by atoms with E-state index in [2.05, 4.69) is 5.32 Å². The molecule has 0 aliphatic carbocycles. The van der Waals surface area contributed by atoms with Crippen LogP contribution in [0.15, 0.2) is 77.7 Å². The van der Waals surface area contributed by atoms with E-state index in [1.165, 1.54) is 0 Å². The molecule has 1 aliphatic heterocycles. The molecule has 2 amide bonds. The summed E-state index contributed by atoms with van der Waals surface area (Å²) in [4.78, 5) is 35.2. The van der Waals surface area contributed by atoms with Crippen molar-refractivity contribution in [3.8, 4) is 11.5 Å². The molecule has 0 aromatic heterocycles. The first-order valence-electron chi connectivity index (χ1n) is 10.0. The van der Waals surface area contributed by atoms with E-state index >= 15 is 0 Å². The number of amides is 2. The fourth-order valence-electron chi connectivity index (χ4n) is 3.17. The number of carboxylic acid groups (broad SMARTS) is 1. The molecule has 0 spiro atoms. The number of nitrogens with one attached hydrogen (secondary N) is 1. The van der Waals surface area contributed by atoms with Gasteiger partial charge in [-0.15, -0.1) is 0 Å². The molecule has 164 valence electrons. The topological polar surface area (TPSA) is 92.7 Å². The number of aryl methyl sites for hydroxylation is 1. The van der Waals surface area contributed by atoms with E-state index < -0.39 is 11.9 Å². The molecule has 0 radical (unpaired) electrons. The summed E-state index contributed by atoms with van der Waals surface area (Å²) in [5, 5.41) is 11.6. The average molecular weight is 458 g/mol. The summed E-state index contributed by atoms with van der Waals surface area (Å²) in [6, 6.07) is 21.5. The molecule has 1 fully saturated rings. The molecule has 0 bridgehead atoms. The van der Waals surface area contributed by atoms with Gasteiger partial charge in [-0.2, -0.15) is 0 Å². The van der Waals surface area contributed by atoms with Crippen LogP contribution in [0.25, 0.3) is 17.7 Å². The molecular formula is C26H19NO5S. The Bertz CT molecular complexity index is 1290. The number of ether oxygens (including phenoxy) is 1. The van der Waals surface area contributed by atoms with E-state index in [9.17, 15) is 19.5 Å². The van der Waals surface area contributed by atoms with Crippen molar-refractivity contribution in [2.45, 2.75) is 6.92 Å². The number of aliphatic carboxylic acids is 1. The monoisotopic (exact) mass is 457 g/mol. The number of carbonyl (C=O) groups is 3. The molecule has 2 N–H and O–H groups in total. The van der Waals surface area contributed by atoms with Crippen molar-refractivity contribution in [3.05, 3.63) is 100.0 Å². The fraction of sp³-hybridized carbons (Fsp3) is 0.0385. The van der Waals surface area contributed by atoms with Gasteiger partial charge in [-0.3, -0.25) is 14.9 Å². The molecule has 4 rings (SSSR count). The van der Waals surface area contributed by atoms with Gasteiger partial charge in [-0.25, -0.2) is 4.79 Å². The minimum atomic E-state index is -1.03. The van der Waals surface area contributed by atoms with E-state index in [-0.39, 0.29) is 10.8 Å². The second kappa shape index (κ2) is 9.58. The summed E-state index contributed by atoms with van der Waals surface area (Å²) < 4.78 is 5.90. The first kappa shape index (κ1) is 22.1. The quantitative estimate of drug-likeness (QED) is 0.362. The Labute approximate surface area is 194 Å². The van der Waals surface area contributed by atoms with Crippen LogP contribution in [0, 0.1) is 6.92 Å². The second-order valence-corrected chi connectivity index (χ2v) is 8.34. The van der Waals surface area contributed by atoms with E-state index in [4.69, 9.17) is 4.74 Å². The average Bonchev–Trinajstić information content (AvgIpc) is 3.11. The number of hydrogen-bond donors (Lipinski definition) is 2. The standard InChI is InChI=1S/C26H19NO5S/c1-16-5-7-17(8-6-16)13-22(25(29)30)19-3-2-4-21(15-19)32-20-11-9-18(10-12-20)14-23-24(28)27-26(31)33-23/h2-15H,1H3,(H,29,30)(H,27,28,31). The van der Waals surface area contributed by atoms with Crippen molar-refractivity contribution >= 4 is 46.6 Å². The molecule has 0 atom stereocenters. The van der Waals surface area contributed by atoms with Crippen LogP contribution in [0.4, 0.5) is 4.79 Å². The predicted molar refractivity (Wildman–Crippen MR) is 129 cm³/mol. The number of carboxylic acids is 1. The lowest BCUT2D eigenvalue weighted by molar-refractivity contribution is -0.130. The Balaban J connectivity index is 1.53. The fourth-order valence-corrected chi connectivity index (χ4v) is 3.85. The lowest BCUT2D eigenvalue weighted by atomic mass is 10.0. The van der Waals surface area contributed by atoms with Gasteiger partial charge in [0.2, 0.25) is 0 Å². The molecular weight excluding hydrogens is 438 g/mol. The Morgan fingerprint density at radius 1 is 0.939 bits per heavy atom. The lowest BCUT2D eigenvalue weighted by Crippen LogP contribution is -2.17. The smallest absolute Gasteiger partial charge is 0.336 e. The van der Waals surface area contributed by atoms with E-state index in [0.29, 0.717) is 22.0 Å². The van der Waals surface area contributed by atoms with Crippen LogP contribution in [0.2, 0.25) is 0 Å². The summed E-state index contributed by atoms with van der Waals surface area (Å²) in [6.07, 6.45) is 3.26. The van der Waals surface area contributed by atoms with Crippen molar-refractivity contribution in [1.29, 1.82) is 0 Å². The highest BCUT2D eigenvalue weighted by atomic mass is 32.2. The molecule has 3 aromatic rings. The van der Waals surface area contributed by atoms with Crippen LogP contribution in [0.5, 0.6) is 11.5 Å². The maximum absolute atomic E-state index is 11.9. The third kappa shape index (κ3) is 5.58. The van der Waals surface area contributed by atoms with E-state index in [0.717, 1.165) is 28.5 Å². The highest BCUT2D eigenvalue weighted by Crippen LogP contribution is 2.29. The molecule has 6 nitrogen and oxygen atoms in total. The normalized spacial score (nSPS) is 14.9. The lowest BCUT2D eigenvalue weighted by Gasteiger charge is -2.09. The summed E-state index contributed by atoms with van der Waals surface area (Å²) in [6.45, 7) is 1.97. The first-order valence-corrected chi connectivity index (χ1v) is 10.8. The molecule has 3 aromatic carbocycles. The van der Waals surface area contributed by atoms with Gasteiger partial charge in [0.15, 0.2) is 0 Å². The van der Waals surface area contributed by atoms with E-state index in [1.54, 1.807) is 60.7 Å². The zero-order valence-corrected chi connectivity index (χ0v) is 18.4. The van der Waals surface area contributed by atoms with Crippen LogP contribution in [0.1, 0.15) is 22.3 Å². The Morgan fingerprint density at radius 2 is 1.64 bits per heavy atom. The van der Waals surface area contributed by atoms with Gasteiger partial charge in [-0.1, -0.05) is 54.1 Å². The number of hydrogen-bond acceptors (Lipinski definition) is 5. The SMILES string of the molecule is Cc1ccc(C=C(C(=O)O)c2cccc(Oc3ccc(C=C4SC(=O)NC4=O)cc3)c2)cc1. The molecule has 1 aliphatic rings. The van der Waals surface area contributed by atoms with Gasteiger partial charge in [-0.05, 0) is 71.8 Å². The predicted octanol–water partition coefficient (Wildman–Crippen LogP) is 5.74. The van der Waals surface area contributed by atoms with Gasteiger partial charge in [0, 0.05) is 0 Å². The van der Waals surface area contributed by atoms with Crippen molar-refractivity contribution < 1.29 is 24.2 Å². The first-order chi connectivity index (χ1) is 15.9. The molecule has 0 unspecified atom stereocenters. The zero-order chi connectivity index (χ0) is 23.4. The van der Waals surface area contributed by atoms with Gasteiger partial charge in [0.05, 0.1) is 10.5 Å². The molecule has 1 saturated heterocycles. The van der Waals surface area contributed by atoms with Crippen LogP contribution < -0.4 is 10.1 Å². The van der Waals surface area contributed by atoms with Crippen LogP contribution in [-0.4, -0.2) is 22.2 Å². The number of carbonyl (C=O) groups excluding carboxylic acids is 2. The largest absolute Gasteiger partial charge is 0.478 e. The number of rotatable bonds is 6. The third-order valence-electron chi connectivity index (χ3n) is 4.82. The summed E-state index contributed by atoms with van der Waals surface area (Å²) in [5.74, 6) is -0.397. The van der Waals surface area contributed by atoms with Gasteiger partial charge in [0.25, 0.3) is 11.1 Å². The minimum absolute atomic E-state index is 0.160. The number of benzene rings is 3. The molecule has 7 heteroatoms. The number of thioether (sulfide) groups is 1. The summed E-state index contributed by atoms with van der Waals surface area (Å²) in [7, 11) is 0. The highest BCUT2D eigenvalue weighted by Gasteiger charge is 2.24. The Morgan fingerprint density at radius 3 is 2.27 bits per heavy atom. The van der Waals surface area contributed by atoms with Crippen LogP contribution in [0.3, 0.4) is 0 Å². The number of imide groups is 1. The third-order valence-corrected chi connectivity index (χ3v) is 5.63. The highest BCUT2D eigenvalue weighted by molar-refractivity contribution is 8.18. The molecule has 1 heterocycles. The van der Waals surface area contributed by atoms with Gasteiger partial charge < -0.3 is 9.84 Å². The molecule has 0 saturated carbocycles. The van der Waals surface area contributed by atoms with E-state index in [1.807, 2.05) is 31.2 Å². The van der Waals surface area contributed by atoms with Crippen molar-refractivity contribution in [2.75, 3.05) is 0 Å². The summed E-state index contributed by atoms with van der Waals surface area (Å²) in [5.41, 5.74) is 3.33. The maximum atomic E-state index is 11.9. The van der Waals surface area contributed by atoms with Gasteiger partial charge >= 0.3 is 5.97 Å². The second-order valence-electron chi connectivity index (χ2n) is 7.33. The Kier molecular flexibility index (Phi) is 6.42. The van der Waals surface area contributed by atoms with Crippen molar-refractivity contribution in [2.24, 2.45) is 0 Å². The van der Waals surface area contributed by atoms with Crippen molar-refractivity contribution in [1.82, 2.24) is 5.32 Å². The molecule has 33 heavy (non-hydrogen) atoms. The van der Waals surface area contributed by atoms with Crippen LogP contribution >= 0.6 is 11.8 Å². The zero-order valence-electron chi connectivity index (χ0n) is 17.6. The van der Waals surface area contributed by atoms with Crippen LogP contribution in [-0.2, 0) is 9.59 Å². The maximum Gasteiger partial charge on any atom is 0.336 e. The summed E-state index contributed by atoms with van der Waals surface area (Å²) >= 11 is 0.860. The van der Waals surface area contributed by atoms with Crippen molar-refractivity contribution in [3.63, 3.8) is 0 Å². The minimum Gasteiger partial charge on any atom is -0.478 e. The van der Waals surface area contributed by atoms with Gasteiger partial charge in [0.1, 0.15) is 11.5 Å².